The summed E-state index contributed by atoms with van der Waals surface area (Å²) in [6.07, 6.45) is 3.09. The standard InChI is InChI=1S/C12H11BrClN/c1-11(13)5-7-6-3-2-4-15-9(6)8-10(14)12(7,8)11/h2-4,7-8,10H,5H2,1H3/t7-,8+,10-,11+,12-/m1/s1. The molecule has 2 saturated carbocycles. The summed E-state index contributed by atoms with van der Waals surface area (Å²) in [6.45, 7) is 2.28. The van der Waals surface area contributed by atoms with E-state index >= 15 is 0 Å². The minimum absolute atomic E-state index is 0.225. The molecule has 0 aromatic carbocycles. The van der Waals surface area contributed by atoms with Gasteiger partial charge in [0, 0.05) is 27.5 Å². The first-order valence-corrected chi connectivity index (χ1v) is 6.61. The van der Waals surface area contributed by atoms with Gasteiger partial charge in [-0.15, -0.1) is 11.6 Å². The number of hydrogen-bond acceptors (Lipinski definition) is 1. The molecule has 0 unspecified atom stereocenters. The van der Waals surface area contributed by atoms with Gasteiger partial charge in [-0.2, -0.15) is 0 Å². The SMILES string of the molecule is C[C@]1(Br)C[C@@H]2c3cccnc3[C@H]3[C@@H](Cl)[C@@]231. The molecule has 0 aliphatic heterocycles. The summed E-state index contributed by atoms with van der Waals surface area (Å²) < 4.78 is 0.225. The number of halogens is 2. The highest BCUT2D eigenvalue weighted by atomic mass is 79.9. The molecule has 0 bridgehead atoms. The van der Waals surface area contributed by atoms with Crippen LogP contribution >= 0.6 is 27.5 Å². The van der Waals surface area contributed by atoms with Crippen LogP contribution in [0, 0.1) is 5.41 Å². The second-order valence-electron chi connectivity index (χ2n) is 5.24. The molecule has 1 spiro atoms. The third kappa shape index (κ3) is 0.706. The van der Waals surface area contributed by atoms with E-state index in [4.69, 9.17) is 11.6 Å². The Bertz CT molecular complexity index is 468. The molecule has 78 valence electrons. The Kier molecular flexibility index (Phi) is 1.37. The molecule has 4 rings (SSSR count). The van der Waals surface area contributed by atoms with Gasteiger partial charge in [-0.3, -0.25) is 4.98 Å². The smallest absolute Gasteiger partial charge is 0.0508 e. The number of fused-ring (bicyclic) bond motifs is 3. The first-order chi connectivity index (χ1) is 7.11. The van der Waals surface area contributed by atoms with Gasteiger partial charge >= 0.3 is 0 Å². The van der Waals surface area contributed by atoms with Gasteiger partial charge in [-0.1, -0.05) is 22.0 Å². The molecule has 0 saturated heterocycles. The number of alkyl halides is 2. The van der Waals surface area contributed by atoms with Crippen molar-refractivity contribution in [2.24, 2.45) is 5.41 Å². The number of nitrogens with zero attached hydrogens (tertiary/aromatic N) is 1. The summed E-state index contributed by atoms with van der Waals surface area (Å²) in [5.41, 5.74) is 3.01. The van der Waals surface area contributed by atoms with Crippen LogP contribution in [-0.4, -0.2) is 14.7 Å². The van der Waals surface area contributed by atoms with Crippen LogP contribution in [0.5, 0.6) is 0 Å². The van der Waals surface area contributed by atoms with Crippen molar-refractivity contribution in [3.05, 3.63) is 29.6 Å². The topological polar surface area (TPSA) is 12.9 Å². The molecule has 3 aliphatic rings. The Morgan fingerprint density at radius 1 is 1.60 bits per heavy atom. The van der Waals surface area contributed by atoms with Crippen molar-refractivity contribution >= 4 is 27.5 Å². The molecular formula is C12H11BrClN. The van der Waals surface area contributed by atoms with Gasteiger partial charge in [0.2, 0.25) is 0 Å². The lowest BCUT2D eigenvalue weighted by atomic mass is 9.61. The number of pyridine rings is 1. The summed E-state index contributed by atoms with van der Waals surface area (Å²) >= 11 is 10.3. The molecule has 15 heavy (non-hydrogen) atoms. The van der Waals surface area contributed by atoms with E-state index in [9.17, 15) is 0 Å². The highest BCUT2D eigenvalue weighted by molar-refractivity contribution is 9.10. The van der Waals surface area contributed by atoms with Crippen LogP contribution < -0.4 is 0 Å². The van der Waals surface area contributed by atoms with Crippen molar-refractivity contribution < 1.29 is 0 Å². The number of rotatable bonds is 0. The van der Waals surface area contributed by atoms with Gasteiger partial charge in [-0.05, 0) is 30.9 Å². The van der Waals surface area contributed by atoms with E-state index in [1.54, 1.807) is 0 Å². The van der Waals surface area contributed by atoms with E-state index < -0.39 is 0 Å². The number of hydrogen-bond donors (Lipinski definition) is 0. The zero-order valence-corrected chi connectivity index (χ0v) is 10.7. The van der Waals surface area contributed by atoms with Gasteiger partial charge in [-0.25, -0.2) is 0 Å². The molecule has 5 atom stereocenters. The fraction of sp³-hybridized carbons (Fsp3) is 0.583. The van der Waals surface area contributed by atoms with Gasteiger partial charge in [0.05, 0.1) is 5.38 Å². The van der Waals surface area contributed by atoms with Crippen LogP contribution in [0.25, 0.3) is 0 Å². The first-order valence-electron chi connectivity index (χ1n) is 5.38. The zero-order chi connectivity index (χ0) is 10.4. The molecule has 3 heteroatoms. The van der Waals surface area contributed by atoms with Gasteiger partial charge in [0.1, 0.15) is 0 Å². The fourth-order valence-corrected chi connectivity index (χ4v) is 6.07. The van der Waals surface area contributed by atoms with Crippen molar-refractivity contribution in [3.63, 3.8) is 0 Å². The summed E-state index contributed by atoms with van der Waals surface area (Å²) in [6, 6.07) is 4.27. The molecule has 1 nitrogen and oxygen atoms in total. The van der Waals surface area contributed by atoms with Crippen molar-refractivity contribution in [1.29, 1.82) is 0 Å². The summed E-state index contributed by atoms with van der Waals surface area (Å²) in [5, 5.41) is 0.294. The van der Waals surface area contributed by atoms with Crippen LogP contribution in [0.4, 0.5) is 0 Å². The maximum absolute atomic E-state index is 6.48. The van der Waals surface area contributed by atoms with Crippen LogP contribution in [0.3, 0.4) is 0 Å². The second-order valence-corrected chi connectivity index (χ2v) is 7.46. The third-order valence-corrected chi connectivity index (χ3v) is 6.39. The Morgan fingerprint density at radius 3 is 3.13 bits per heavy atom. The highest BCUT2D eigenvalue weighted by Crippen LogP contribution is 2.87. The fourth-order valence-electron chi connectivity index (χ4n) is 4.06. The average Bonchev–Trinajstić information content (AvgIpc) is 2.76. The lowest BCUT2D eigenvalue weighted by Crippen LogP contribution is -2.48. The Morgan fingerprint density at radius 2 is 2.40 bits per heavy atom. The minimum Gasteiger partial charge on any atom is -0.261 e. The van der Waals surface area contributed by atoms with E-state index in [-0.39, 0.29) is 9.74 Å². The van der Waals surface area contributed by atoms with E-state index in [1.165, 1.54) is 17.7 Å². The zero-order valence-electron chi connectivity index (χ0n) is 8.37. The average molecular weight is 285 g/mol. The van der Waals surface area contributed by atoms with Crippen molar-refractivity contribution in [1.82, 2.24) is 4.98 Å². The van der Waals surface area contributed by atoms with Crippen LogP contribution in [0.15, 0.2) is 18.3 Å². The van der Waals surface area contributed by atoms with E-state index in [0.717, 1.165) is 0 Å². The molecule has 0 amide bonds. The van der Waals surface area contributed by atoms with Gasteiger partial charge < -0.3 is 0 Å². The van der Waals surface area contributed by atoms with Crippen LogP contribution in [0.1, 0.15) is 36.4 Å². The maximum Gasteiger partial charge on any atom is 0.0508 e. The van der Waals surface area contributed by atoms with Gasteiger partial charge in [0.25, 0.3) is 0 Å². The summed E-state index contributed by atoms with van der Waals surface area (Å²) in [5.74, 6) is 1.15. The predicted octanol–water partition coefficient (Wildman–Crippen LogP) is 3.43. The van der Waals surface area contributed by atoms with Crippen molar-refractivity contribution in [2.75, 3.05) is 0 Å². The molecule has 1 aromatic heterocycles. The minimum atomic E-state index is 0.225. The normalized spacial score (nSPS) is 53.9. The third-order valence-electron chi connectivity index (χ3n) is 4.76. The number of aromatic nitrogens is 1. The quantitative estimate of drug-likeness (QED) is 0.665. The molecule has 0 radical (unpaired) electrons. The maximum atomic E-state index is 6.48. The Balaban J connectivity index is 1.94. The van der Waals surface area contributed by atoms with E-state index in [1.807, 2.05) is 12.3 Å². The van der Waals surface area contributed by atoms with Crippen LogP contribution in [-0.2, 0) is 0 Å². The predicted molar refractivity (Wildman–Crippen MR) is 63.7 cm³/mol. The summed E-state index contributed by atoms with van der Waals surface area (Å²) in [7, 11) is 0. The Labute approximate surface area is 102 Å². The Hall–Kier alpha value is -0.0800. The van der Waals surface area contributed by atoms with Gasteiger partial charge in [0.15, 0.2) is 0 Å². The lowest BCUT2D eigenvalue weighted by molar-refractivity contribution is 0.172. The molecule has 0 N–H and O–H groups in total. The highest BCUT2D eigenvalue weighted by Gasteiger charge is 2.85. The largest absolute Gasteiger partial charge is 0.261 e. The van der Waals surface area contributed by atoms with E-state index in [2.05, 4.69) is 33.9 Å². The monoisotopic (exact) mass is 283 g/mol. The first kappa shape index (κ1) is 9.00. The van der Waals surface area contributed by atoms with Crippen molar-refractivity contribution in [3.8, 4) is 0 Å². The molecule has 1 aromatic rings. The molecule has 1 heterocycles. The summed E-state index contributed by atoms with van der Waals surface area (Å²) in [4.78, 5) is 4.53. The van der Waals surface area contributed by atoms with Crippen molar-refractivity contribution in [2.45, 2.75) is 34.9 Å². The molecular weight excluding hydrogens is 273 g/mol. The molecule has 2 fully saturated rings. The lowest BCUT2D eigenvalue weighted by Gasteiger charge is -2.50. The second kappa shape index (κ2) is 2.28. The van der Waals surface area contributed by atoms with E-state index in [0.29, 0.717) is 17.2 Å². The molecule has 3 aliphatic carbocycles. The van der Waals surface area contributed by atoms with Crippen LogP contribution in [0.2, 0.25) is 0 Å².